The number of hydrogen-bond acceptors (Lipinski definition) is 5. The molecule has 32 heavy (non-hydrogen) atoms. The molecule has 2 aromatic carbocycles. The normalized spacial score (nSPS) is 14.3. The lowest BCUT2D eigenvalue weighted by molar-refractivity contribution is 0.225. The topological polar surface area (TPSA) is 84.3 Å². The van der Waals surface area contributed by atoms with Gasteiger partial charge in [-0.2, -0.15) is 5.26 Å². The van der Waals surface area contributed by atoms with Crippen LogP contribution in [0.2, 0.25) is 0 Å². The number of hydrogen-bond donors (Lipinski definition) is 2. The van der Waals surface area contributed by atoms with Crippen LogP contribution in [0.4, 0.5) is 16.3 Å². The molecule has 0 atom stereocenters. The van der Waals surface area contributed by atoms with Crippen LogP contribution >= 0.6 is 0 Å². The Hall–Kier alpha value is -3.89. The van der Waals surface area contributed by atoms with Crippen LogP contribution in [0.3, 0.4) is 0 Å². The molecular weight excluding hydrogens is 400 g/mol. The van der Waals surface area contributed by atoms with Crippen molar-refractivity contribution >= 4 is 17.5 Å². The molecule has 0 spiro atoms. The first kappa shape index (κ1) is 21.3. The lowest BCUT2D eigenvalue weighted by Crippen LogP contribution is -2.51. The van der Waals surface area contributed by atoms with Crippen molar-refractivity contribution in [1.29, 1.82) is 5.26 Å². The van der Waals surface area contributed by atoms with Crippen LogP contribution in [-0.4, -0.2) is 35.2 Å². The van der Waals surface area contributed by atoms with Crippen LogP contribution < -0.4 is 15.6 Å². The Labute approximate surface area is 188 Å². The lowest BCUT2D eigenvalue weighted by Gasteiger charge is -2.38. The molecule has 0 aliphatic carbocycles. The van der Waals surface area contributed by atoms with Gasteiger partial charge in [0.25, 0.3) is 0 Å². The highest BCUT2D eigenvalue weighted by Gasteiger charge is 2.29. The van der Waals surface area contributed by atoms with E-state index in [-0.39, 0.29) is 12.1 Å². The van der Waals surface area contributed by atoms with Gasteiger partial charge in [-0.05, 0) is 42.7 Å². The van der Waals surface area contributed by atoms with Crippen molar-refractivity contribution in [2.24, 2.45) is 0 Å². The largest absolute Gasteiger partial charge is 0.334 e. The zero-order chi connectivity index (χ0) is 22.2. The van der Waals surface area contributed by atoms with Gasteiger partial charge in [-0.25, -0.2) is 14.8 Å². The lowest BCUT2D eigenvalue weighted by atomic mass is 10.0. The SMILES string of the molecule is N#Cc1ccc(NN2CCC(N(C(=O)NCc3ccccc3)c3ccccc3)CC2)nc1. The summed E-state index contributed by atoms with van der Waals surface area (Å²) in [5.41, 5.74) is 5.81. The number of nitrogens with zero attached hydrogens (tertiary/aromatic N) is 4. The van der Waals surface area contributed by atoms with Crippen LogP contribution in [0.15, 0.2) is 79.0 Å². The second-order valence-corrected chi connectivity index (χ2v) is 7.72. The van der Waals surface area contributed by atoms with E-state index in [0.717, 1.165) is 37.2 Å². The highest BCUT2D eigenvalue weighted by Crippen LogP contribution is 2.24. The zero-order valence-electron chi connectivity index (χ0n) is 17.8. The summed E-state index contributed by atoms with van der Waals surface area (Å²) in [7, 11) is 0. The van der Waals surface area contributed by atoms with Crippen LogP contribution in [0.5, 0.6) is 0 Å². The summed E-state index contributed by atoms with van der Waals surface area (Å²) in [4.78, 5) is 19.4. The second-order valence-electron chi connectivity index (χ2n) is 7.72. The Balaban J connectivity index is 1.39. The number of nitrogens with one attached hydrogen (secondary N) is 2. The van der Waals surface area contributed by atoms with Gasteiger partial charge in [-0.15, -0.1) is 0 Å². The average Bonchev–Trinajstić information content (AvgIpc) is 2.86. The zero-order valence-corrected chi connectivity index (χ0v) is 17.8. The van der Waals surface area contributed by atoms with Gasteiger partial charge in [0.15, 0.2) is 0 Å². The molecule has 0 unspecified atom stereocenters. The first-order valence-electron chi connectivity index (χ1n) is 10.8. The minimum absolute atomic E-state index is 0.0831. The number of carbonyl (C=O) groups is 1. The van der Waals surface area contributed by atoms with Gasteiger partial charge in [0.1, 0.15) is 11.9 Å². The van der Waals surface area contributed by atoms with Crippen molar-refractivity contribution in [3.8, 4) is 6.07 Å². The van der Waals surface area contributed by atoms with Crippen LogP contribution in [0.1, 0.15) is 24.0 Å². The van der Waals surface area contributed by atoms with E-state index in [1.54, 1.807) is 18.3 Å². The molecule has 0 radical (unpaired) electrons. The highest BCUT2D eigenvalue weighted by atomic mass is 16.2. The molecule has 1 aliphatic heterocycles. The van der Waals surface area contributed by atoms with E-state index in [9.17, 15) is 4.79 Å². The smallest absolute Gasteiger partial charge is 0.322 e. The molecule has 2 heterocycles. The summed E-state index contributed by atoms with van der Waals surface area (Å²) in [5.74, 6) is 0.711. The van der Waals surface area contributed by atoms with Gasteiger partial charge < -0.3 is 10.7 Å². The number of carbonyl (C=O) groups excluding carboxylic acids is 1. The molecule has 3 aromatic rings. The molecule has 2 N–H and O–H groups in total. The molecule has 1 fully saturated rings. The summed E-state index contributed by atoms with van der Waals surface area (Å²) in [5, 5.41) is 14.1. The van der Waals surface area contributed by atoms with Gasteiger partial charge in [-0.1, -0.05) is 48.5 Å². The number of hydrazine groups is 1. The molecule has 4 rings (SSSR count). The van der Waals surface area contributed by atoms with Crippen LogP contribution in [-0.2, 0) is 6.54 Å². The average molecular weight is 427 g/mol. The van der Waals surface area contributed by atoms with E-state index in [4.69, 9.17) is 5.26 Å². The standard InChI is InChI=1S/C25H26N6O/c26-17-21-11-12-24(27-19-21)29-30-15-13-23(14-16-30)31(22-9-5-2-6-10-22)25(32)28-18-20-7-3-1-4-8-20/h1-12,19,23H,13-16,18H2,(H,27,29)(H,28,32). The van der Waals surface area contributed by atoms with Crippen molar-refractivity contribution in [1.82, 2.24) is 15.3 Å². The van der Waals surface area contributed by atoms with Gasteiger partial charge in [0.05, 0.1) is 5.56 Å². The number of aromatic nitrogens is 1. The van der Waals surface area contributed by atoms with Crippen molar-refractivity contribution in [2.45, 2.75) is 25.4 Å². The van der Waals surface area contributed by atoms with Crippen molar-refractivity contribution in [2.75, 3.05) is 23.4 Å². The fourth-order valence-electron chi connectivity index (χ4n) is 3.87. The summed E-state index contributed by atoms with van der Waals surface area (Å²) in [6.07, 6.45) is 3.22. The molecule has 0 saturated carbocycles. The van der Waals surface area contributed by atoms with Gasteiger partial charge in [-0.3, -0.25) is 4.90 Å². The fourth-order valence-corrected chi connectivity index (χ4v) is 3.87. The number of para-hydroxylation sites is 1. The molecule has 162 valence electrons. The summed E-state index contributed by atoms with van der Waals surface area (Å²) in [6, 6.07) is 25.4. The van der Waals surface area contributed by atoms with Crippen LogP contribution in [0, 0.1) is 11.3 Å². The Bertz CT molecular complexity index is 1040. The van der Waals surface area contributed by atoms with Crippen molar-refractivity contribution in [3.05, 3.63) is 90.1 Å². The van der Waals surface area contributed by atoms with Crippen LogP contribution in [0.25, 0.3) is 0 Å². The number of amides is 2. The Kier molecular flexibility index (Phi) is 6.95. The first-order chi connectivity index (χ1) is 15.7. The van der Waals surface area contributed by atoms with E-state index in [1.165, 1.54) is 0 Å². The number of anilines is 2. The van der Waals surface area contributed by atoms with E-state index >= 15 is 0 Å². The number of urea groups is 1. The quantitative estimate of drug-likeness (QED) is 0.618. The third kappa shape index (κ3) is 5.42. The number of rotatable bonds is 6. The Morgan fingerprint density at radius 1 is 1.03 bits per heavy atom. The van der Waals surface area contributed by atoms with E-state index in [0.29, 0.717) is 17.9 Å². The number of piperidine rings is 1. The van der Waals surface area contributed by atoms with Gasteiger partial charge >= 0.3 is 6.03 Å². The summed E-state index contributed by atoms with van der Waals surface area (Å²) >= 11 is 0. The number of nitriles is 1. The van der Waals surface area contributed by atoms with Crippen molar-refractivity contribution in [3.63, 3.8) is 0 Å². The highest BCUT2D eigenvalue weighted by molar-refractivity contribution is 5.92. The third-order valence-electron chi connectivity index (χ3n) is 5.53. The monoisotopic (exact) mass is 426 g/mol. The minimum atomic E-state index is -0.0831. The predicted octanol–water partition coefficient (Wildman–Crippen LogP) is 4.16. The molecule has 1 aliphatic rings. The van der Waals surface area contributed by atoms with Crippen molar-refractivity contribution < 1.29 is 4.79 Å². The molecular formula is C25H26N6O. The molecule has 7 heteroatoms. The predicted molar refractivity (Wildman–Crippen MR) is 125 cm³/mol. The van der Waals surface area contributed by atoms with E-state index in [1.807, 2.05) is 65.6 Å². The van der Waals surface area contributed by atoms with E-state index in [2.05, 4.69) is 26.8 Å². The third-order valence-corrected chi connectivity index (χ3v) is 5.53. The number of pyridine rings is 1. The van der Waals surface area contributed by atoms with Gasteiger partial charge in [0.2, 0.25) is 0 Å². The summed E-state index contributed by atoms with van der Waals surface area (Å²) < 4.78 is 0. The maximum Gasteiger partial charge on any atom is 0.322 e. The van der Waals surface area contributed by atoms with E-state index < -0.39 is 0 Å². The summed E-state index contributed by atoms with van der Waals surface area (Å²) in [6.45, 7) is 2.05. The molecule has 7 nitrogen and oxygen atoms in total. The minimum Gasteiger partial charge on any atom is -0.334 e. The fraction of sp³-hybridized carbons (Fsp3) is 0.240. The molecule has 0 bridgehead atoms. The molecule has 1 saturated heterocycles. The molecule has 2 amide bonds. The maximum atomic E-state index is 13.2. The number of benzene rings is 2. The van der Waals surface area contributed by atoms with Gasteiger partial charge in [0, 0.05) is 37.6 Å². The second kappa shape index (κ2) is 10.4. The molecule has 1 aromatic heterocycles. The Morgan fingerprint density at radius 3 is 2.34 bits per heavy atom. The maximum absolute atomic E-state index is 13.2. The first-order valence-corrected chi connectivity index (χ1v) is 10.8. The Morgan fingerprint density at radius 2 is 1.72 bits per heavy atom.